The maximum Gasteiger partial charge on any atom is 0.128 e. The van der Waals surface area contributed by atoms with E-state index in [0.717, 1.165) is 18.9 Å². The van der Waals surface area contributed by atoms with Gasteiger partial charge in [0.25, 0.3) is 0 Å². The summed E-state index contributed by atoms with van der Waals surface area (Å²) < 4.78 is 0. The first-order valence-electron chi connectivity index (χ1n) is 6.80. The first-order valence-corrected chi connectivity index (χ1v) is 6.80. The van der Waals surface area contributed by atoms with E-state index in [-0.39, 0.29) is 0 Å². The second-order valence-electron chi connectivity index (χ2n) is 4.75. The molecule has 1 N–H and O–H groups in total. The van der Waals surface area contributed by atoms with Crippen molar-refractivity contribution in [3.05, 3.63) is 23.9 Å². The van der Waals surface area contributed by atoms with Gasteiger partial charge in [-0.2, -0.15) is 0 Å². The number of nitrogens with one attached hydrogen (secondary N) is 1. The topological polar surface area (TPSA) is 28.2 Å². The van der Waals surface area contributed by atoms with E-state index in [4.69, 9.17) is 0 Å². The number of anilines is 1. The second-order valence-corrected chi connectivity index (χ2v) is 4.75. The zero-order valence-corrected chi connectivity index (χ0v) is 10.8. The van der Waals surface area contributed by atoms with E-state index in [2.05, 4.69) is 34.3 Å². The van der Waals surface area contributed by atoms with Crippen LogP contribution in [-0.2, 0) is 6.54 Å². The monoisotopic (exact) mass is 233 g/mol. The Morgan fingerprint density at radius 3 is 2.88 bits per heavy atom. The summed E-state index contributed by atoms with van der Waals surface area (Å²) in [5, 5.41) is 3.44. The molecular formula is C14H23N3. The summed E-state index contributed by atoms with van der Waals surface area (Å²) in [6.45, 7) is 6.56. The van der Waals surface area contributed by atoms with Crippen molar-refractivity contribution in [1.82, 2.24) is 10.3 Å². The van der Waals surface area contributed by atoms with Crippen LogP contribution in [0.2, 0.25) is 0 Å². The minimum atomic E-state index is 0.956. The highest BCUT2D eigenvalue weighted by Gasteiger charge is 2.11. The van der Waals surface area contributed by atoms with Gasteiger partial charge in [0.2, 0.25) is 0 Å². The molecule has 3 nitrogen and oxygen atoms in total. The van der Waals surface area contributed by atoms with Gasteiger partial charge in [-0.05, 0) is 49.9 Å². The van der Waals surface area contributed by atoms with Gasteiger partial charge in [-0.15, -0.1) is 0 Å². The van der Waals surface area contributed by atoms with E-state index in [1.165, 1.54) is 44.3 Å². The summed E-state index contributed by atoms with van der Waals surface area (Å²) in [6.07, 6.45) is 7.10. The summed E-state index contributed by atoms with van der Waals surface area (Å²) in [5.74, 6) is 1.15. The molecule has 1 fully saturated rings. The van der Waals surface area contributed by atoms with Gasteiger partial charge in [0.05, 0.1) is 0 Å². The van der Waals surface area contributed by atoms with Gasteiger partial charge in [0.15, 0.2) is 0 Å². The Morgan fingerprint density at radius 1 is 1.29 bits per heavy atom. The molecule has 0 atom stereocenters. The van der Waals surface area contributed by atoms with Crippen LogP contribution in [-0.4, -0.2) is 24.6 Å². The van der Waals surface area contributed by atoms with Crippen LogP contribution < -0.4 is 10.2 Å². The lowest BCUT2D eigenvalue weighted by Gasteiger charge is -2.27. The average molecular weight is 233 g/mol. The molecule has 2 heterocycles. The van der Waals surface area contributed by atoms with Crippen molar-refractivity contribution in [2.24, 2.45) is 0 Å². The van der Waals surface area contributed by atoms with Crippen molar-refractivity contribution in [3.63, 3.8) is 0 Å². The van der Waals surface area contributed by atoms with Crippen LogP contribution in [0.25, 0.3) is 0 Å². The van der Waals surface area contributed by atoms with E-state index in [9.17, 15) is 0 Å². The zero-order valence-electron chi connectivity index (χ0n) is 10.8. The molecule has 1 aliphatic heterocycles. The molecule has 0 aromatic carbocycles. The number of hydrogen-bond donors (Lipinski definition) is 1. The molecule has 0 saturated carbocycles. The van der Waals surface area contributed by atoms with Crippen molar-refractivity contribution in [2.75, 3.05) is 24.5 Å². The third kappa shape index (κ3) is 3.70. The Balaban J connectivity index is 1.95. The lowest BCUT2D eigenvalue weighted by molar-refractivity contribution is 0.573. The summed E-state index contributed by atoms with van der Waals surface area (Å²) in [5.41, 5.74) is 1.34. The minimum absolute atomic E-state index is 0.956. The minimum Gasteiger partial charge on any atom is -0.357 e. The normalized spacial score (nSPS) is 16.2. The van der Waals surface area contributed by atoms with Crippen LogP contribution in [0, 0.1) is 0 Å². The van der Waals surface area contributed by atoms with E-state index in [0.29, 0.717) is 0 Å². The maximum atomic E-state index is 4.49. The standard InChI is InChI=1S/C14H23N3/c1-2-7-15-12-13-6-8-16-14(11-13)17-9-4-3-5-10-17/h6,8,11,15H,2-5,7,9-10,12H2,1H3. The molecule has 0 radical (unpaired) electrons. The fourth-order valence-corrected chi connectivity index (χ4v) is 2.28. The molecule has 3 heteroatoms. The number of piperidine rings is 1. The van der Waals surface area contributed by atoms with Gasteiger partial charge in [0.1, 0.15) is 5.82 Å². The Hall–Kier alpha value is -1.09. The van der Waals surface area contributed by atoms with Gasteiger partial charge in [0, 0.05) is 25.8 Å². The Bertz CT molecular complexity index is 332. The van der Waals surface area contributed by atoms with E-state index >= 15 is 0 Å². The summed E-state index contributed by atoms with van der Waals surface area (Å²) in [7, 11) is 0. The van der Waals surface area contributed by atoms with E-state index < -0.39 is 0 Å². The molecule has 1 aliphatic rings. The summed E-state index contributed by atoms with van der Waals surface area (Å²) >= 11 is 0. The molecule has 0 unspecified atom stereocenters. The van der Waals surface area contributed by atoms with E-state index in [1.807, 2.05) is 6.20 Å². The van der Waals surface area contributed by atoms with Gasteiger partial charge in [-0.3, -0.25) is 0 Å². The van der Waals surface area contributed by atoms with E-state index in [1.54, 1.807) is 0 Å². The quantitative estimate of drug-likeness (QED) is 0.792. The highest BCUT2D eigenvalue weighted by atomic mass is 15.2. The second kappa shape index (κ2) is 6.60. The number of aromatic nitrogens is 1. The number of hydrogen-bond acceptors (Lipinski definition) is 3. The summed E-state index contributed by atoms with van der Waals surface area (Å²) in [6, 6.07) is 4.34. The van der Waals surface area contributed by atoms with Gasteiger partial charge in [-0.25, -0.2) is 4.98 Å². The lowest BCUT2D eigenvalue weighted by Crippen LogP contribution is -2.30. The third-order valence-electron chi connectivity index (χ3n) is 3.25. The molecule has 0 aliphatic carbocycles. The van der Waals surface area contributed by atoms with Crippen molar-refractivity contribution in [1.29, 1.82) is 0 Å². The lowest BCUT2D eigenvalue weighted by atomic mass is 10.1. The predicted octanol–water partition coefficient (Wildman–Crippen LogP) is 2.57. The zero-order chi connectivity index (χ0) is 11.9. The first kappa shape index (κ1) is 12.4. The fourth-order valence-electron chi connectivity index (χ4n) is 2.28. The van der Waals surface area contributed by atoms with Crippen molar-refractivity contribution in [3.8, 4) is 0 Å². The molecule has 94 valence electrons. The largest absolute Gasteiger partial charge is 0.357 e. The number of rotatable bonds is 5. The maximum absolute atomic E-state index is 4.49. The molecule has 0 amide bonds. The first-order chi connectivity index (χ1) is 8.40. The highest BCUT2D eigenvalue weighted by Crippen LogP contribution is 2.18. The van der Waals surface area contributed by atoms with Crippen LogP contribution in [0.1, 0.15) is 38.2 Å². The Morgan fingerprint density at radius 2 is 2.12 bits per heavy atom. The molecule has 1 aromatic rings. The van der Waals surface area contributed by atoms with Crippen molar-refractivity contribution in [2.45, 2.75) is 39.2 Å². The van der Waals surface area contributed by atoms with Crippen molar-refractivity contribution >= 4 is 5.82 Å². The number of nitrogens with zero attached hydrogens (tertiary/aromatic N) is 2. The Kier molecular flexibility index (Phi) is 4.80. The SMILES string of the molecule is CCCNCc1ccnc(N2CCCCC2)c1. The molecular weight excluding hydrogens is 210 g/mol. The Labute approximate surface area is 104 Å². The van der Waals surface area contributed by atoms with Gasteiger partial charge in [-0.1, -0.05) is 6.92 Å². The van der Waals surface area contributed by atoms with Crippen LogP contribution in [0.4, 0.5) is 5.82 Å². The summed E-state index contributed by atoms with van der Waals surface area (Å²) in [4.78, 5) is 6.90. The van der Waals surface area contributed by atoms with Gasteiger partial charge < -0.3 is 10.2 Å². The number of pyridine rings is 1. The smallest absolute Gasteiger partial charge is 0.128 e. The molecule has 1 aromatic heterocycles. The van der Waals surface area contributed by atoms with Crippen LogP contribution in [0.3, 0.4) is 0 Å². The van der Waals surface area contributed by atoms with Gasteiger partial charge >= 0.3 is 0 Å². The molecule has 0 bridgehead atoms. The van der Waals surface area contributed by atoms with Crippen LogP contribution in [0.15, 0.2) is 18.3 Å². The molecule has 1 saturated heterocycles. The van der Waals surface area contributed by atoms with Crippen LogP contribution >= 0.6 is 0 Å². The predicted molar refractivity (Wildman–Crippen MR) is 72.3 cm³/mol. The third-order valence-corrected chi connectivity index (χ3v) is 3.25. The van der Waals surface area contributed by atoms with Crippen LogP contribution in [0.5, 0.6) is 0 Å². The molecule has 2 rings (SSSR count). The van der Waals surface area contributed by atoms with Crippen molar-refractivity contribution < 1.29 is 0 Å². The molecule has 17 heavy (non-hydrogen) atoms. The fraction of sp³-hybridized carbons (Fsp3) is 0.643. The highest BCUT2D eigenvalue weighted by molar-refractivity contribution is 5.41. The average Bonchev–Trinajstić information content (AvgIpc) is 2.41. The molecule has 0 spiro atoms.